The SMILES string of the molecule is CCCOc1cc(Sc2cccc(Cl)c2)c(N)cc1F. The molecule has 0 amide bonds. The third kappa shape index (κ3) is 3.81. The van der Waals surface area contributed by atoms with Gasteiger partial charge in [-0.05, 0) is 30.7 Å². The minimum Gasteiger partial charge on any atom is -0.490 e. The average molecular weight is 312 g/mol. The van der Waals surface area contributed by atoms with Gasteiger partial charge in [0.1, 0.15) is 0 Å². The lowest BCUT2D eigenvalue weighted by atomic mass is 10.3. The van der Waals surface area contributed by atoms with Crippen molar-refractivity contribution in [2.24, 2.45) is 0 Å². The summed E-state index contributed by atoms with van der Waals surface area (Å²) in [7, 11) is 0. The number of halogens is 2. The van der Waals surface area contributed by atoms with Crippen molar-refractivity contribution in [3.05, 3.63) is 47.2 Å². The summed E-state index contributed by atoms with van der Waals surface area (Å²) in [6.45, 7) is 2.44. The van der Waals surface area contributed by atoms with E-state index in [1.165, 1.54) is 17.8 Å². The van der Waals surface area contributed by atoms with Gasteiger partial charge in [0.15, 0.2) is 11.6 Å². The van der Waals surface area contributed by atoms with Crippen molar-refractivity contribution in [3.8, 4) is 5.75 Å². The molecule has 0 unspecified atom stereocenters. The first-order valence-corrected chi connectivity index (χ1v) is 7.45. The zero-order valence-corrected chi connectivity index (χ0v) is 12.6. The van der Waals surface area contributed by atoms with E-state index in [0.717, 1.165) is 16.2 Å². The molecule has 2 N–H and O–H groups in total. The molecule has 0 aromatic heterocycles. The van der Waals surface area contributed by atoms with Crippen molar-refractivity contribution in [2.75, 3.05) is 12.3 Å². The van der Waals surface area contributed by atoms with Gasteiger partial charge in [0.2, 0.25) is 0 Å². The van der Waals surface area contributed by atoms with Crippen LogP contribution in [0.5, 0.6) is 5.75 Å². The molecule has 0 aliphatic rings. The lowest BCUT2D eigenvalue weighted by molar-refractivity contribution is 0.300. The summed E-state index contributed by atoms with van der Waals surface area (Å²) < 4.78 is 19.1. The van der Waals surface area contributed by atoms with Gasteiger partial charge in [0.05, 0.1) is 6.61 Å². The van der Waals surface area contributed by atoms with Crippen molar-refractivity contribution in [1.82, 2.24) is 0 Å². The van der Waals surface area contributed by atoms with Crippen molar-refractivity contribution in [3.63, 3.8) is 0 Å². The zero-order chi connectivity index (χ0) is 14.5. The van der Waals surface area contributed by atoms with Crippen LogP contribution in [0.1, 0.15) is 13.3 Å². The van der Waals surface area contributed by atoms with E-state index < -0.39 is 5.82 Å². The number of hydrogen-bond donors (Lipinski definition) is 1. The van der Waals surface area contributed by atoms with Gasteiger partial charge in [-0.3, -0.25) is 0 Å². The normalized spacial score (nSPS) is 10.6. The Balaban J connectivity index is 2.26. The molecule has 0 heterocycles. The van der Waals surface area contributed by atoms with Crippen LogP contribution in [0.15, 0.2) is 46.2 Å². The minimum atomic E-state index is -0.439. The highest BCUT2D eigenvalue weighted by Gasteiger charge is 2.10. The van der Waals surface area contributed by atoms with Crippen molar-refractivity contribution < 1.29 is 9.13 Å². The second-order valence-corrected chi connectivity index (χ2v) is 5.78. The van der Waals surface area contributed by atoms with Crippen LogP contribution >= 0.6 is 23.4 Å². The van der Waals surface area contributed by atoms with Gasteiger partial charge in [-0.2, -0.15) is 0 Å². The predicted octanol–water partition coefficient (Wildman–Crippen LogP) is 5.00. The smallest absolute Gasteiger partial charge is 0.167 e. The predicted molar refractivity (Wildman–Crippen MR) is 82.2 cm³/mol. The molecule has 2 aromatic carbocycles. The topological polar surface area (TPSA) is 35.2 Å². The first kappa shape index (κ1) is 15.0. The number of anilines is 1. The van der Waals surface area contributed by atoms with E-state index >= 15 is 0 Å². The number of benzene rings is 2. The monoisotopic (exact) mass is 311 g/mol. The summed E-state index contributed by atoms with van der Waals surface area (Å²) in [6.07, 6.45) is 0.820. The molecule has 0 spiro atoms. The zero-order valence-electron chi connectivity index (χ0n) is 11.0. The van der Waals surface area contributed by atoms with Crippen molar-refractivity contribution in [2.45, 2.75) is 23.1 Å². The summed E-state index contributed by atoms with van der Waals surface area (Å²) in [5.41, 5.74) is 6.24. The maximum absolute atomic E-state index is 13.7. The van der Waals surface area contributed by atoms with Gasteiger partial charge in [-0.15, -0.1) is 0 Å². The highest BCUT2D eigenvalue weighted by atomic mass is 35.5. The molecule has 0 aliphatic heterocycles. The van der Waals surface area contributed by atoms with Crippen molar-refractivity contribution >= 4 is 29.1 Å². The Kier molecular flexibility index (Phi) is 5.15. The highest BCUT2D eigenvalue weighted by Crippen LogP contribution is 2.36. The van der Waals surface area contributed by atoms with Crippen LogP contribution in [-0.4, -0.2) is 6.61 Å². The molecule has 5 heteroatoms. The molecule has 0 aliphatic carbocycles. The van der Waals surface area contributed by atoms with Crippen LogP contribution < -0.4 is 10.5 Å². The summed E-state index contributed by atoms with van der Waals surface area (Å²) in [4.78, 5) is 1.69. The minimum absolute atomic E-state index is 0.227. The molecule has 106 valence electrons. The van der Waals surface area contributed by atoms with Gasteiger partial charge in [0.25, 0.3) is 0 Å². The van der Waals surface area contributed by atoms with E-state index in [0.29, 0.717) is 17.3 Å². The van der Waals surface area contributed by atoms with E-state index in [1.807, 2.05) is 25.1 Å². The number of rotatable bonds is 5. The Morgan fingerprint density at radius 2 is 2.10 bits per heavy atom. The van der Waals surface area contributed by atoms with E-state index in [1.54, 1.807) is 12.1 Å². The van der Waals surface area contributed by atoms with E-state index in [2.05, 4.69) is 0 Å². The highest BCUT2D eigenvalue weighted by molar-refractivity contribution is 7.99. The molecule has 2 nitrogen and oxygen atoms in total. The Bertz CT molecular complexity index is 606. The maximum atomic E-state index is 13.7. The lowest BCUT2D eigenvalue weighted by Gasteiger charge is -2.11. The molecular weight excluding hydrogens is 297 g/mol. The first-order chi connectivity index (χ1) is 9.60. The fourth-order valence-corrected chi connectivity index (χ4v) is 2.80. The van der Waals surface area contributed by atoms with E-state index in [4.69, 9.17) is 22.1 Å². The molecule has 0 atom stereocenters. The standard InChI is InChI=1S/C15H15ClFNOS/c1-2-6-19-14-9-15(13(18)8-12(14)17)20-11-5-3-4-10(16)7-11/h3-5,7-9H,2,6,18H2,1H3. The average Bonchev–Trinajstić information content (AvgIpc) is 2.40. The molecule has 0 saturated carbocycles. The van der Waals surface area contributed by atoms with Crippen LogP contribution in [0.2, 0.25) is 5.02 Å². The van der Waals surface area contributed by atoms with Crippen LogP contribution in [0.4, 0.5) is 10.1 Å². The molecular formula is C15H15ClFNOS. The van der Waals surface area contributed by atoms with Crippen LogP contribution in [0.25, 0.3) is 0 Å². The third-order valence-electron chi connectivity index (χ3n) is 2.55. The van der Waals surface area contributed by atoms with Crippen LogP contribution in [-0.2, 0) is 0 Å². The summed E-state index contributed by atoms with van der Waals surface area (Å²) in [5.74, 6) is -0.211. The molecule has 20 heavy (non-hydrogen) atoms. The van der Waals surface area contributed by atoms with Crippen molar-refractivity contribution in [1.29, 1.82) is 0 Å². The summed E-state index contributed by atoms with van der Waals surface area (Å²) in [5, 5.41) is 0.651. The Morgan fingerprint density at radius 3 is 2.80 bits per heavy atom. The van der Waals surface area contributed by atoms with Gasteiger partial charge in [-0.1, -0.05) is 36.4 Å². The maximum Gasteiger partial charge on any atom is 0.167 e. The second-order valence-electron chi connectivity index (χ2n) is 4.23. The molecule has 0 radical (unpaired) electrons. The number of hydrogen-bond acceptors (Lipinski definition) is 3. The Morgan fingerprint density at radius 1 is 1.30 bits per heavy atom. The number of nitrogens with two attached hydrogens (primary N) is 1. The van der Waals surface area contributed by atoms with Gasteiger partial charge >= 0.3 is 0 Å². The largest absolute Gasteiger partial charge is 0.490 e. The molecule has 0 fully saturated rings. The number of nitrogen functional groups attached to an aromatic ring is 1. The lowest BCUT2D eigenvalue weighted by Crippen LogP contribution is -1.99. The summed E-state index contributed by atoms with van der Waals surface area (Å²) >= 11 is 7.38. The first-order valence-electron chi connectivity index (χ1n) is 6.25. The fraction of sp³-hybridized carbons (Fsp3) is 0.200. The van der Waals surface area contributed by atoms with E-state index in [-0.39, 0.29) is 5.75 Å². The van der Waals surface area contributed by atoms with Gasteiger partial charge < -0.3 is 10.5 Å². The van der Waals surface area contributed by atoms with Gasteiger partial charge in [-0.25, -0.2) is 4.39 Å². The Labute approximate surface area is 127 Å². The molecule has 2 rings (SSSR count). The van der Waals surface area contributed by atoms with Crippen LogP contribution in [0.3, 0.4) is 0 Å². The quantitative estimate of drug-likeness (QED) is 0.789. The number of ether oxygens (including phenoxy) is 1. The fourth-order valence-electron chi connectivity index (χ4n) is 1.62. The Hall–Kier alpha value is -1.39. The molecule has 0 saturated heterocycles. The summed E-state index contributed by atoms with van der Waals surface area (Å²) in [6, 6.07) is 10.3. The third-order valence-corrected chi connectivity index (χ3v) is 3.85. The molecule has 2 aromatic rings. The van der Waals surface area contributed by atoms with Crippen LogP contribution in [0, 0.1) is 5.82 Å². The van der Waals surface area contributed by atoms with Gasteiger partial charge in [0, 0.05) is 26.6 Å². The molecule has 0 bridgehead atoms. The second kappa shape index (κ2) is 6.86. The van der Waals surface area contributed by atoms with E-state index in [9.17, 15) is 4.39 Å².